The van der Waals surface area contributed by atoms with Gasteiger partial charge < -0.3 is 28.4 Å². The molecule has 2 heterocycles. The quantitative estimate of drug-likeness (QED) is 0.0672. The van der Waals surface area contributed by atoms with Crippen molar-refractivity contribution in [2.75, 3.05) is 54.5 Å². The van der Waals surface area contributed by atoms with Gasteiger partial charge in [-0.2, -0.15) is 0 Å². The number of hydrogen-bond donors (Lipinski definition) is 0. The summed E-state index contributed by atoms with van der Waals surface area (Å²) in [5.41, 5.74) is 18.4. The zero-order chi connectivity index (χ0) is 51.7. The number of halogens is 1. The third-order valence-corrected chi connectivity index (χ3v) is 14.6. The summed E-state index contributed by atoms with van der Waals surface area (Å²) in [4.78, 5) is 4.28. The van der Waals surface area contributed by atoms with E-state index in [2.05, 4.69) is 245 Å². The van der Waals surface area contributed by atoms with E-state index in [9.17, 15) is 0 Å². The molecule has 0 spiro atoms. The number of hydrogen-bond acceptors (Lipinski definition) is 4. The van der Waals surface area contributed by atoms with Crippen LogP contribution in [0, 0.1) is 0 Å². The molecule has 0 aliphatic rings. The van der Waals surface area contributed by atoms with Gasteiger partial charge in [0.15, 0.2) is 0 Å². The lowest BCUT2D eigenvalue weighted by atomic mass is 9.83. The minimum Gasteiger partial charge on any atom is -0.492 e. The zero-order valence-electron chi connectivity index (χ0n) is 44.5. The molecule has 9 aromatic rings. The normalized spacial score (nSPS) is 12.9. The smallest absolute Gasteiger partial charge is 0.119 e. The minimum absolute atomic E-state index is 0.103. The molecule has 0 amide bonds. The fourth-order valence-corrected chi connectivity index (χ4v) is 10.7. The van der Waals surface area contributed by atoms with Crippen molar-refractivity contribution in [3.05, 3.63) is 237 Å². The molecule has 378 valence electrons. The van der Waals surface area contributed by atoms with Crippen molar-refractivity contribution in [2.24, 2.45) is 0 Å². The molecule has 0 atom stereocenters. The Kier molecular flexibility index (Phi) is 16.7. The number of likely N-dealkylation sites (N-methyl/N-ethyl adjacent to an activating group) is 2. The maximum absolute atomic E-state index is 6.70. The average Bonchev–Trinajstić information content (AvgIpc) is 3.98. The van der Waals surface area contributed by atoms with E-state index >= 15 is 0 Å². The van der Waals surface area contributed by atoms with Crippen LogP contribution in [0.4, 0.5) is 0 Å². The van der Waals surface area contributed by atoms with Crippen molar-refractivity contribution < 1.29 is 9.47 Å². The van der Waals surface area contributed by atoms with Gasteiger partial charge in [-0.05, 0) is 188 Å². The maximum Gasteiger partial charge on any atom is 0.119 e. The Bertz CT molecular complexity index is 3160. The molecule has 7 aromatic carbocycles. The highest BCUT2D eigenvalue weighted by Crippen LogP contribution is 2.45. The first kappa shape index (κ1) is 51.8. The molecular weight excluding hydrogens is 928 g/mol. The number of ether oxygens (including phenoxy) is 2. The van der Waals surface area contributed by atoms with Crippen LogP contribution in [0.2, 0.25) is 5.02 Å². The van der Waals surface area contributed by atoms with Gasteiger partial charge in [-0.15, -0.1) is 0 Å². The van der Waals surface area contributed by atoms with Gasteiger partial charge in [0.1, 0.15) is 24.7 Å². The molecule has 0 N–H and O–H groups in total. The van der Waals surface area contributed by atoms with E-state index < -0.39 is 0 Å². The molecule has 0 aliphatic heterocycles. The Morgan fingerprint density at radius 1 is 0.459 bits per heavy atom. The highest BCUT2D eigenvalue weighted by molar-refractivity contribution is 6.30. The van der Waals surface area contributed by atoms with Gasteiger partial charge in [-0.1, -0.05) is 135 Å². The van der Waals surface area contributed by atoms with E-state index in [0.29, 0.717) is 13.2 Å². The fourth-order valence-electron chi connectivity index (χ4n) is 10.6. The summed E-state index contributed by atoms with van der Waals surface area (Å²) < 4.78 is 17.2. The van der Waals surface area contributed by atoms with Gasteiger partial charge in [0, 0.05) is 71.3 Å². The molecule has 6 nitrogen and oxygen atoms in total. The van der Waals surface area contributed by atoms with Crippen LogP contribution in [0.1, 0.15) is 96.5 Å². The number of allylic oxidation sites excluding steroid dienone is 2. The fraction of sp³-hybridized carbons (Fsp3) is 0.254. The van der Waals surface area contributed by atoms with E-state index in [1.165, 1.54) is 94.2 Å². The zero-order valence-corrected chi connectivity index (χ0v) is 45.3. The number of aromatic nitrogens is 2. The topological polar surface area (TPSA) is 34.8 Å². The number of fused-ring (bicyclic) bond motifs is 2. The van der Waals surface area contributed by atoms with Gasteiger partial charge in [0.25, 0.3) is 0 Å². The summed E-state index contributed by atoms with van der Waals surface area (Å²) in [6.45, 7) is 13.7. The lowest BCUT2D eigenvalue weighted by molar-refractivity contribution is 0.261. The number of aryl methyl sites for hydroxylation is 2. The van der Waals surface area contributed by atoms with Gasteiger partial charge in [-0.3, -0.25) is 0 Å². The molecule has 0 radical (unpaired) electrons. The van der Waals surface area contributed by atoms with E-state index in [0.717, 1.165) is 55.5 Å². The van der Waals surface area contributed by atoms with E-state index in [-0.39, 0.29) is 5.92 Å². The van der Waals surface area contributed by atoms with Crippen LogP contribution in [0.5, 0.6) is 11.5 Å². The molecule has 0 bridgehead atoms. The summed E-state index contributed by atoms with van der Waals surface area (Å²) in [6.07, 6.45) is 6.52. The summed E-state index contributed by atoms with van der Waals surface area (Å²) in [5.74, 6) is 1.65. The van der Waals surface area contributed by atoms with Crippen molar-refractivity contribution in [3.63, 3.8) is 0 Å². The first-order chi connectivity index (χ1) is 36.1. The predicted octanol–water partition coefficient (Wildman–Crippen LogP) is 16.1. The van der Waals surface area contributed by atoms with Crippen molar-refractivity contribution >= 4 is 55.7 Å². The first-order valence-corrected chi connectivity index (χ1v) is 26.8. The second-order valence-corrected chi connectivity index (χ2v) is 20.1. The van der Waals surface area contributed by atoms with Crippen molar-refractivity contribution in [1.29, 1.82) is 0 Å². The third-order valence-electron chi connectivity index (χ3n) is 14.4. The van der Waals surface area contributed by atoms with E-state index in [1.807, 2.05) is 12.1 Å². The molecule has 74 heavy (non-hydrogen) atoms. The molecule has 0 unspecified atom stereocenters. The highest BCUT2D eigenvalue weighted by atomic mass is 35.5. The van der Waals surface area contributed by atoms with Crippen molar-refractivity contribution in [1.82, 2.24) is 18.9 Å². The Morgan fingerprint density at radius 2 is 0.838 bits per heavy atom. The summed E-state index contributed by atoms with van der Waals surface area (Å²) in [7, 11) is 8.28. The first-order valence-electron chi connectivity index (χ1n) is 26.4. The second-order valence-electron chi connectivity index (χ2n) is 19.7. The van der Waals surface area contributed by atoms with Crippen LogP contribution in [-0.4, -0.2) is 73.4 Å². The molecule has 7 heteroatoms. The Balaban J connectivity index is 1.23. The summed E-state index contributed by atoms with van der Waals surface area (Å²) >= 11 is 6.70. The van der Waals surface area contributed by atoms with Crippen LogP contribution >= 0.6 is 11.6 Å². The van der Waals surface area contributed by atoms with Crippen LogP contribution in [-0.2, 0) is 13.1 Å². The summed E-state index contributed by atoms with van der Waals surface area (Å²) in [5, 5.41) is 3.22. The highest BCUT2D eigenvalue weighted by Gasteiger charge is 2.27. The standard InChI is InChI=1S/C67H71ClN4O2/c1-9-57(65(47-19-15-13-16-20-47)49-25-33-55(34-26-49)73-41-39-69(5)6)52-29-37-63-59(43-52)61(45-71(63)11-3)67(51-23-31-54(68)32-24-51)62-46-72(12-4)64-38-30-53(44-60(62)64)58(10-2)66(48-21-17-14-18-22-48)50-27-35-56(36-28-50)74-42-40-70(7)8/h13-38,43-46,67H,9-12,39-42H2,1-8H3/b65-57+,66-58+. The van der Waals surface area contributed by atoms with Gasteiger partial charge in [-0.25, -0.2) is 0 Å². The Labute approximate surface area is 444 Å². The van der Waals surface area contributed by atoms with Crippen LogP contribution in [0.3, 0.4) is 0 Å². The lowest BCUT2D eigenvalue weighted by Gasteiger charge is -2.20. The van der Waals surface area contributed by atoms with Crippen LogP contribution in [0.25, 0.3) is 44.1 Å². The molecule has 0 aliphatic carbocycles. The molecule has 0 saturated carbocycles. The van der Waals surface area contributed by atoms with Crippen molar-refractivity contribution in [2.45, 2.75) is 59.5 Å². The van der Waals surface area contributed by atoms with E-state index in [1.54, 1.807) is 0 Å². The number of benzene rings is 7. The monoisotopic (exact) mass is 999 g/mol. The van der Waals surface area contributed by atoms with E-state index in [4.69, 9.17) is 21.1 Å². The molecule has 9 rings (SSSR count). The summed E-state index contributed by atoms with van der Waals surface area (Å²) in [6, 6.07) is 61.8. The largest absolute Gasteiger partial charge is 0.492 e. The average molecular weight is 1000 g/mol. The predicted molar refractivity (Wildman–Crippen MR) is 314 cm³/mol. The SMILES string of the molecule is CC/C(=C(/c1ccccc1)c1ccc(OCCN(C)C)cc1)c1ccc2c(c1)c(C(c1ccc(Cl)cc1)c1cn(CC)c3ccc(/C(CC)=C(\c4ccccc4)c4ccc(OCCN(C)C)cc4)cc13)cn2CC. The Morgan fingerprint density at radius 3 is 1.20 bits per heavy atom. The van der Waals surface area contributed by atoms with Gasteiger partial charge in [0.2, 0.25) is 0 Å². The molecule has 2 aromatic heterocycles. The van der Waals surface area contributed by atoms with Crippen LogP contribution in [0.15, 0.2) is 182 Å². The third kappa shape index (κ3) is 11.3. The molecule has 0 fully saturated rings. The molecule has 0 saturated heterocycles. The molecular formula is C67H71ClN4O2. The van der Waals surface area contributed by atoms with Crippen LogP contribution < -0.4 is 9.47 Å². The Hall–Kier alpha value is -7.09. The van der Waals surface area contributed by atoms with Gasteiger partial charge in [0.05, 0.1) is 0 Å². The minimum atomic E-state index is -0.103. The maximum atomic E-state index is 6.70. The van der Waals surface area contributed by atoms with Crippen molar-refractivity contribution in [3.8, 4) is 11.5 Å². The van der Waals surface area contributed by atoms with Gasteiger partial charge >= 0.3 is 0 Å². The lowest BCUT2D eigenvalue weighted by Crippen LogP contribution is -2.19. The second kappa shape index (κ2) is 23.8. The number of nitrogens with zero attached hydrogens (tertiary/aromatic N) is 4. The number of rotatable bonds is 21.